The lowest BCUT2D eigenvalue weighted by atomic mass is 10.3. The lowest BCUT2D eigenvalue weighted by Gasteiger charge is -2.12. The number of nitrogens with one attached hydrogen (secondary N) is 3. The number of hydrogen-bond donors (Lipinski definition) is 3. The summed E-state index contributed by atoms with van der Waals surface area (Å²) in [5.41, 5.74) is -0.265. The van der Waals surface area contributed by atoms with Crippen molar-refractivity contribution in [3.63, 3.8) is 0 Å². The highest BCUT2D eigenvalue weighted by Gasteiger charge is 2.33. The van der Waals surface area contributed by atoms with Crippen LogP contribution < -0.4 is 15.4 Å². The van der Waals surface area contributed by atoms with Gasteiger partial charge in [0.05, 0.1) is 9.82 Å². The summed E-state index contributed by atoms with van der Waals surface area (Å²) in [6.45, 7) is 2.61. The lowest BCUT2D eigenvalue weighted by molar-refractivity contribution is -0.385. The standard InChI is InChI=1S/C14H21N5O4S/c1-10-8-13(10)18-14(15-2)16-6-7-17-24(22,23)12-5-3-4-11(9-12)19(20)21/h3-5,9-10,13,17H,6-8H2,1-2H3,(H2,15,16,18). The first kappa shape index (κ1) is 18.1. The Labute approximate surface area is 140 Å². The van der Waals surface area contributed by atoms with Crippen LogP contribution in [0.2, 0.25) is 0 Å². The number of aliphatic imine (C=N–C) groups is 1. The lowest BCUT2D eigenvalue weighted by Crippen LogP contribution is -2.42. The molecule has 2 atom stereocenters. The molecule has 0 aromatic heterocycles. The van der Waals surface area contributed by atoms with E-state index in [1.165, 1.54) is 18.2 Å². The molecule has 0 amide bonds. The minimum atomic E-state index is -3.80. The summed E-state index contributed by atoms with van der Waals surface area (Å²) >= 11 is 0. The molecule has 0 heterocycles. The van der Waals surface area contributed by atoms with Crippen LogP contribution in [0, 0.1) is 16.0 Å². The highest BCUT2D eigenvalue weighted by molar-refractivity contribution is 7.89. The number of nitro benzene ring substituents is 1. The van der Waals surface area contributed by atoms with Gasteiger partial charge >= 0.3 is 0 Å². The quantitative estimate of drug-likeness (QED) is 0.214. The highest BCUT2D eigenvalue weighted by Crippen LogP contribution is 2.28. The number of non-ortho nitro benzene ring substituents is 1. The van der Waals surface area contributed by atoms with E-state index in [-0.39, 0.29) is 17.1 Å². The molecule has 0 radical (unpaired) electrons. The molecule has 1 aliphatic rings. The third-order valence-electron chi connectivity index (χ3n) is 3.70. The van der Waals surface area contributed by atoms with E-state index in [9.17, 15) is 18.5 Å². The molecular formula is C14H21N5O4S. The van der Waals surface area contributed by atoms with Crippen molar-refractivity contribution in [1.29, 1.82) is 0 Å². The van der Waals surface area contributed by atoms with Crippen LogP contribution in [0.15, 0.2) is 34.2 Å². The predicted octanol–water partition coefficient (Wildman–Crippen LogP) is 0.447. The SMILES string of the molecule is CN=C(NCCNS(=O)(=O)c1cccc([N+](=O)[O-])c1)NC1CC1C. The van der Waals surface area contributed by atoms with Gasteiger partial charge in [-0.05, 0) is 18.4 Å². The zero-order valence-corrected chi connectivity index (χ0v) is 14.3. The number of sulfonamides is 1. The van der Waals surface area contributed by atoms with Gasteiger partial charge in [0, 0.05) is 38.3 Å². The Morgan fingerprint density at radius 1 is 1.42 bits per heavy atom. The van der Waals surface area contributed by atoms with Crippen molar-refractivity contribution in [1.82, 2.24) is 15.4 Å². The number of benzene rings is 1. The molecule has 2 unspecified atom stereocenters. The van der Waals surface area contributed by atoms with E-state index < -0.39 is 14.9 Å². The maximum atomic E-state index is 12.1. The molecule has 1 saturated carbocycles. The molecule has 1 aliphatic carbocycles. The fourth-order valence-electron chi connectivity index (χ4n) is 2.11. The second kappa shape index (κ2) is 7.58. The van der Waals surface area contributed by atoms with Gasteiger partial charge in [0.1, 0.15) is 0 Å². The van der Waals surface area contributed by atoms with Gasteiger partial charge < -0.3 is 10.6 Å². The maximum Gasteiger partial charge on any atom is 0.270 e. The summed E-state index contributed by atoms with van der Waals surface area (Å²) in [6, 6.07) is 5.35. The minimum Gasteiger partial charge on any atom is -0.355 e. The monoisotopic (exact) mass is 355 g/mol. The van der Waals surface area contributed by atoms with E-state index >= 15 is 0 Å². The predicted molar refractivity (Wildman–Crippen MR) is 90.4 cm³/mol. The minimum absolute atomic E-state index is 0.131. The first-order chi connectivity index (χ1) is 11.3. The van der Waals surface area contributed by atoms with Crippen LogP contribution in [-0.4, -0.2) is 45.5 Å². The van der Waals surface area contributed by atoms with Crippen LogP contribution in [0.1, 0.15) is 13.3 Å². The fourth-order valence-corrected chi connectivity index (χ4v) is 3.18. The summed E-state index contributed by atoms with van der Waals surface area (Å²) in [6.07, 6.45) is 1.10. The van der Waals surface area contributed by atoms with E-state index in [2.05, 4.69) is 27.3 Å². The average Bonchev–Trinajstić information content (AvgIpc) is 3.25. The van der Waals surface area contributed by atoms with Crippen LogP contribution in [-0.2, 0) is 10.0 Å². The molecule has 1 aromatic carbocycles. The topological polar surface area (TPSA) is 126 Å². The molecule has 10 heteroatoms. The van der Waals surface area contributed by atoms with E-state index in [1.807, 2.05) is 0 Å². The molecule has 9 nitrogen and oxygen atoms in total. The van der Waals surface area contributed by atoms with Crippen molar-refractivity contribution in [2.24, 2.45) is 10.9 Å². The van der Waals surface area contributed by atoms with Gasteiger partial charge in [0.15, 0.2) is 5.96 Å². The molecule has 2 rings (SSSR count). The molecule has 1 aromatic rings. The van der Waals surface area contributed by atoms with Crippen LogP contribution in [0.5, 0.6) is 0 Å². The zero-order chi connectivity index (χ0) is 17.7. The van der Waals surface area contributed by atoms with E-state index in [4.69, 9.17) is 0 Å². The van der Waals surface area contributed by atoms with Crippen LogP contribution in [0.3, 0.4) is 0 Å². The summed E-state index contributed by atoms with van der Waals surface area (Å²) < 4.78 is 26.7. The maximum absolute atomic E-state index is 12.1. The van der Waals surface area contributed by atoms with Crippen molar-refractivity contribution in [2.75, 3.05) is 20.1 Å². The molecule has 0 spiro atoms. The molecule has 0 saturated heterocycles. The molecular weight excluding hydrogens is 334 g/mol. The van der Waals surface area contributed by atoms with Crippen molar-refractivity contribution in [2.45, 2.75) is 24.3 Å². The Morgan fingerprint density at radius 2 is 2.12 bits per heavy atom. The number of guanidine groups is 1. The van der Waals surface area contributed by atoms with Gasteiger partial charge in [0.2, 0.25) is 10.0 Å². The average molecular weight is 355 g/mol. The number of nitrogens with zero attached hydrogens (tertiary/aromatic N) is 2. The largest absolute Gasteiger partial charge is 0.355 e. The number of nitro groups is 1. The Bertz CT molecular complexity index is 734. The van der Waals surface area contributed by atoms with Gasteiger partial charge in [-0.25, -0.2) is 13.1 Å². The molecule has 0 bridgehead atoms. The smallest absolute Gasteiger partial charge is 0.270 e. The normalized spacial score (nSPS) is 20.5. The third-order valence-corrected chi connectivity index (χ3v) is 5.16. The summed E-state index contributed by atoms with van der Waals surface area (Å²) in [5, 5.41) is 17.0. The van der Waals surface area contributed by atoms with Gasteiger partial charge in [-0.15, -0.1) is 0 Å². The van der Waals surface area contributed by atoms with Gasteiger partial charge in [0.25, 0.3) is 5.69 Å². The van der Waals surface area contributed by atoms with E-state index in [0.717, 1.165) is 12.5 Å². The Kier molecular flexibility index (Phi) is 5.73. The van der Waals surface area contributed by atoms with Gasteiger partial charge in [-0.2, -0.15) is 0 Å². The number of hydrogen-bond acceptors (Lipinski definition) is 5. The van der Waals surface area contributed by atoms with Gasteiger partial charge in [-0.1, -0.05) is 13.0 Å². The summed E-state index contributed by atoms with van der Waals surface area (Å²) in [4.78, 5) is 14.0. The van der Waals surface area contributed by atoms with Crippen molar-refractivity contribution in [3.8, 4) is 0 Å². The van der Waals surface area contributed by atoms with Gasteiger partial charge in [-0.3, -0.25) is 15.1 Å². The van der Waals surface area contributed by atoms with Crippen molar-refractivity contribution >= 4 is 21.7 Å². The number of rotatable bonds is 7. The summed E-state index contributed by atoms with van der Waals surface area (Å²) in [5.74, 6) is 1.25. The highest BCUT2D eigenvalue weighted by atomic mass is 32.2. The molecule has 3 N–H and O–H groups in total. The second-order valence-corrected chi connectivity index (χ2v) is 7.38. The van der Waals surface area contributed by atoms with Crippen LogP contribution in [0.25, 0.3) is 0 Å². The van der Waals surface area contributed by atoms with E-state index in [1.54, 1.807) is 7.05 Å². The molecule has 0 aliphatic heterocycles. The zero-order valence-electron chi connectivity index (χ0n) is 13.5. The molecule has 24 heavy (non-hydrogen) atoms. The Balaban J connectivity index is 1.84. The first-order valence-electron chi connectivity index (χ1n) is 7.55. The first-order valence-corrected chi connectivity index (χ1v) is 9.03. The van der Waals surface area contributed by atoms with Crippen molar-refractivity contribution in [3.05, 3.63) is 34.4 Å². The van der Waals surface area contributed by atoms with E-state index in [0.29, 0.717) is 24.5 Å². The Morgan fingerprint density at radius 3 is 2.71 bits per heavy atom. The second-order valence-electron chi connectivity index (χ2n) is 5.62. The fraction of sp³-hybridized carbons (Fsp3) is 0.500. The van der Waals surface area contributed by atoms with Crippen LogP contribution >= 0.6 is 0 Å². The third kappa shape index (κ3) is 4.90. The van der Waals surface area contributed by atoms with Crippen LogP contribution in [0.4, 0.5) is 5.69 Å². The molecule has 1 fully saturated rings. The Hall–Kier alpha value is -2.20. The summed E-state index contributed by atoms with van der Waals surface area (Å²) in [7, 11) is -2.15. The molecule has 132 valence electrons. The van der Waals surface area contributed by atoms with Crippen molar-refractivity contribution < 1.29 is 13.3 Å².